The van der Waals surface area contributed by atoms with Crippen LogP contribution in [0.3, 0.4) is 0 Å². The zero-order chi connectivity index (χ0) is 21.6. The standard InChI is InChI=1S/C25H33N3O3/c1-3-7-22(21-8-5-4-6-9-21)26-25(29)19(2)28-14-12-27(13-15-28)17-20-10-11-23-24(16-20)31-18-30-23/h4-6,8-11,16,19,22H,3,7,12-15,17-18H2,1-2H3,(H,26,29)/t19-,22+/m1/s1. The van der Waals surface area contributed by atoms with Gasteiger partial charge in [0.2, 0.25) is 12.7 Å². The average molecular weight is 424 g/mol. The SMILES string of the molecule is CCC[C@H](NC(=O)[C@@H](C)N1CCN(Cc2ccc3c(c2)OCO3)CC1)c1ccccc1. The summed E-state index contributed by atoms with van der Waals surface area (Å²) in [5, 5.41) is 3.29. The van der Waals surface area contributed by atoms with Crippen LogP contribution < -0.4 is 14.8 Å². The number of ether oxygens (including phenoxy) is 2. The van der Waals surface area contributed by atoms with E-state index >= 15 is 0 Å². The molecular formula is C25H33N3O3. The highest BCUT2D eigenvalue weighted by molar-refractivity contribution is 5.81. The predicted octanol–water partition coefficient (Wildman–Crippen LogP) is 3.58. The monoisotopic (exact) mass is 423 g/mol. The molecular weight excluding hydrogens is 390 g/mol. The molecule has 0 radical (unpaired) electrons. The maximum Gasteiger partial charge on any atom is 0.237 e. The van der Waals surface area contributed by atoms with Gasteiger partial charge in [0.1, 0.15) is 0 Å². The molecule has 0 aliphatic carbocycles. The van der Waals surface area contributed by atoms with Crippen molar-refractivity contribution in [1.82, 2.24) is 15.1 Å². The van der Waals surface area contributed by atoms with Gasteiger partial charge in [-0.15, -0.1) is 0 Å². The molecule has 2 aromatic carbocycles. The Morgan fingerprint density at radius 1 is 1.03 bits per heavy atom. The second kappa shape index (κ2) is 10.2. The Kier molecular flexibility index (Phi) is 7.10. The molecule has 4 rings (SSSR count). The quantitative estimate of drug-likeness (QED) is 0.703. The zero-order valence-corrected chi connectivity index (χ0v) is 18.5. The van der Waals surface area contributed by atoms with Gasteiger partial charge in [-0.25, -0.2) is 0 Å². The van der Waals surface area contributed by atoms with Crippen molar-refractivity contribution >= 4 is 5.91 Å². The Hall–Kier alpha value is -2.57. The summed E-state index contributed by atoms with van der Waals surface area (Å²) in [5.74, 6) is 1.78. The summed E-state index contributed by atoms with van der Waals surface area (Å²) in [6, 6.07) is 16.4. The average Bonchev–Trinajstić information content (AvgIpc) is 3.27. The van der Waals surface area contributed by atoms with Gasteiger partial charge in [-0.1, -0.05) is 49.7 Å². The van der Waals surface area contributed by atoms with Crippen molar-refractivity contribution in [2.75, 3.05) is 33.0 Å². The van der Waals surface area contributed by atoms with E-state index in [0.717, 1.165) is 57.1 Å². The van der Waals surface area contributed by atoms with E-state index in [1.54, 1.807) is 0 Å². The fourth-order valence-corrected chi connectivity index (χ4v) is 4.36. The van der Waals surface area contributed by atoms with E-state index in [9.17, 15) is 4.79 Å². The first-order chi connectivity index (χ1) is 15.1. The molecule has 0 saturated carbocycles. The van der Waals surface area contributed by atoms with Gasteiger partial charge in [-0.05, 0) is 36.6 Å². The lowest BCUT2D eigenvalue weighted by molar-refractivity contribution is -0.127. The Morgan fingerprint density at radius 3 is 2.52 bits per heavy atom. The van der Waals surface area contributed by atoms with Gasteiger partial charge in [0.15, 0.2) is 11.5 Å². The molecule has 1 saturated heterocycles. The zero-order valence-electron chi connectivity index (χ0n) is 18.5. The molecule has 2 aliphatic heterocycles. The molecule has 2 heterocycles. The Balaban J connectivity index is 1.28. The van der Waals surface area contributed by atoms with Crippen molar-refractivity contribution in [3.63, 3.8) is 0 Å². The van der Waals surface area contributed by atoms with E-state index < -0.39 is 0 Å². The number of hydrogen-bond donors (Lipinski definition) is 1. The Morgan fingerprint density at radius 2 is 1.77 bits per heavy atom. The Labute approximate surface area is 185 Å². The number of nitrogens with one attached hydrogen (secondary N) is 1. The van der Waals surface area contributed by atoms with Gasteiger partial charge in [-0.2, -0.15) is 0 Å². The summed E-state index contributed by atoms with van der Waals surface area (Å²) in [5.41, 5.74) is 2.41. The van der Waals surface area contributed by atoms with Crippen LogP contribution in [0.5, 0.6) is 11.5 Å². The second-order valence-electron chi connectivity index (χ2n) is 8.44. The molecule has 6 heteroatoms. The van der Waals surface area contributed by atoms with Crippen molar-refractivity contribution < 1.29 is 14.3 Å². The van der Waals surface area contributed by atoms with Crippen LogP contribution in [0.2, 0.25) is 0 Å². The molecule has 0 spiro atoms. The molecule has 0 bridgehead atoms. The molecule has 1 amide bonds. The summed E-state index contributed by atoms with van der Waals surface area (Å²) in [7, 11) is 0. The lowest BCUT2D eigenvalue weighted by Crippen LogP contribution is -2.53. The number of fused-ring (bicyclic) bond motifs is 1. The van der Waals surface area contributed by atoms with E-state index in [1.165, 1.54) is 11.1 Å². The fraction of sp³-hybridized carbons (Fsp3) is 0.480. The van der Waals surface area contributed by atoms with Crippen molar-refractivity contribution in [3.8, 4) is 11.5 Å². The van der Waals surface area contributed by atoms with Crippen LogP contribution in [0.15, 0.2) is 48.5 Å². The lowest BCUT2D eigenvalue weighted by atomic mass is 10.0. The topological polar surface area (TPSA) is 54.0 Å². The molecule has 1 N–H and O–H groups in total. The summed E-state index contributed by atoms with van der Waals surface area (Å²) in [6.45, 7) is 9.05. The number of benzene rings is 2. The van der Waals surface area contributed by atoms with Crippen LogP contribution in [0.25, 0.3) is 0 Å². The third kappa shape index (κ3) is 5.38. The van der Waals surface area contributed by atoms with Crippen molar-refractivity contribution in [2.45, 2.75) is 45.3 Å². The van der Waals surface area contributed by atoms with Crippen LogP contribution in [-0.4, -0.2) is 54.7 Å². The summed E-state index contributed by atoms with van der Waals surface area (Å²) in [4.78, 5) is 17.7. The van der Waals surface area contributed by atoms with Gasteiger partial charge in [0, 0.05) is 32.7 Å². The highest BCUT2D eigenvalue weighted by Gasteiger charge is 2.27. The van der Waals surface area contributed by atoms with Crippen LogP contribution in [0.1, 0.15) is 43.9 Å². The minimum Gasteiger partial charge on any atom is -0.454 e. The molecule has 0 unspecified atom stereocenters. The Bertz CT molecular complexity index is 866. The highest BCUT2D eigenvalue weighted by atomic mass is 16.7. The van der Waals surface area contributed by atoms with Crippen molar-refractivity contribution in [2.24, 2.45) is 0 Å². The molecule has 6 nitrogen and oxygen atoms in total. The highest BCUT2D eigenvalue weighted by Crippen LogP contribution is 2.32. The smallest absolute Gasteiger partial charge is 0.237 e. The van der Waals surface area contributed by atoms with Gasteiger partial charge >= 0.3 is 0 Å². The largest absolute Gasteiger partial charge is 0.454 e. The third-order valence-electron chi connectivity index (χ3n) is 6.27. The fourth-order valence-electron chi connectivity index (χ4n) is 4.36. The predicted molar refractivity (Wildman–Crippen MR) is 121 cm³/mol. The maximum atomic E-state index is 13.0. The van der Waals surface area contributed by atoms with Gasteiger partial charge in [0.25, 0.3) is 0 Å². The number of hydrogen-bond acceptors (Lipinski definition) is 5. The van der Waals surface area contributed by atoms with E-state index in [2.05, 4.69) is 46.3 Å². The van der Waals surface area contributed by atoms with E-state index in [-0.39, 0.29) is 18.0 Å². The first-order valence-electron chi connectivity index (χ1n) is 11.3. The summed E-state index contributed by atoms with van der Waals surface area (Å²) < 4.78 is 10.9. The van der Waals surface area contributed by atoms with Crippen LogP contribution in [0, 0.1) is 0 Å². The van der Waals surface area contributed by atoms with Crippen LogP contribution in [-0.2, 0) is 11.3 Å². The molecule has 2 atom stereocenters. The van der Waals surface area contributed by atoms with Crippen LogP contribution in [0.4, 0.5) is 0 Å². The number of rotatable bonds is 8. The number of piperazine rings is 1. The second-order valence-corrected chi connectivity index (χ2v) is 8.44. The normalized spacial score (nSPS) is 18.5. The van der Waals surface area contributed by atoms with Crippen molar-refractivity contribution in [3.05, 3.63) is 59.7 Å². The minimum atomic E-state index is -0.129. The maximum absolute atomic E-state index is 13.0. The molecule has 1 fully saturated rings. The van der Waals surface area contributed by atoms with Crippen LogP contribution >= 0.6 is 0 Å². The summed E-state index contributed by atoms with van der Waals surface area (Å²) >= 11 is 0. The molecule has 2 aromatic rings. The van der Waals surface area contributed by atoms with Gasteiger partial charge in [-0.3, -0.25) is 14.6 Å². The third-order valence-corrected chi connectivity index (χ3v) is 6.27. The molecule has 31 heavy (non-hydrogen) atoms. The minimum absolute atomic E-state index is 0.0773. The van der Waals surface area contributed by atoms with E-state index in [0.29, 0.717) is 6.79 Å². The first-order valence-corrected chi connectivity index (χ1v) is 11.3. The number of amides is 1. The number of carbonyl (C=O) groups excluding carboxylic acids is 1. The van der Waals surface area contributed by atoms with Gasteiger partial charge in [0.05, 0.1) is 12.1 Å². The first kappa shape index (κ1) is 21.7. The number of carbonyl (C=O) groups is 1. The molecule has 0 aromatic heterocycles. The lowest BCUT2D eigenvalue weighted by Gasteiger charge is -2.38. The summed E-state index contributed by atoms with van der Waals surface area (Å²) in [6.07, 6.45) is 1.98. The van der Waals surface area contributed by atoms with Gasteiger partial charge < -0.3 is 14.8 Å². The molecule has 166 valence electrons. The van der Waals surface area contributed by atoms with E-state index in [4.69, 9.17) is 9.47 Å². The molecule has 2 aliphatic rings. The number of nitrogens with zero attached hydrogens (tertiary/aromatic N) is 2. The van der Waals surface area contributed by atoms with Crippen molar-refractivity contribution in [1.29, 1.82) is 0 Å². The van der Waals surface area contributed by atoms with E-state index in [1.807, 2.05) is 31.2 Å².